The van der Waals surface area contributed by atoms with Gasteiger partial charge in [-0.1, -0.05) is 37.6 Å². The molecular weight excluding hydrogens is 425 g/mol. The maximum atomic E-state index is 12.9. The minimum atomic E-state index is -4.53. The van der Waals surface area contributed by atoms with Crippen LogP contribution in [0.15, 0.2) is 42.5 Å². The van der Waals surface area contributed by atoms with Crippen molar-refractivity contribution < 1.29 is 22.7 Å². The molecule has 0 bridgehead atoms. The Bertz CT molecular complexity index is 888. The molecule has 2 rings (SSSR count). The Kier molecular flexibility index (Phi) is 7.87. The molecule has 0 radical (unpaired) electrons. The summed E-state index contributed by atoms with van der Waals surface area (Å²) in [5.74, 6) is 0.293. The first-order chi connectivity index (χ1) is 13.6. The largest absolute Gasteiger partial charge is 0.493 e. The average Bonchev–Trinajstić information content (AvgIpc) is 2.62. The molecule has 29 heavy (non-hydrogen) atoms. The number of anilines is 1. The molecule has 0 saturated carbocycles. The lowest BCUT2D eigenvalue weighted by Gasteiger charge is -2.15. The predicted molar refractivity (Wildman–Crippen MR) is 112 cm³/mol. The zero-order valence-electron chi connectivity index (χ0n) is 15.8. The number of thiocarbonyl (C=S) groups is 1. The van der Waals surface area contributed by atoms with Crippen molar-refractivity contribution in [3.63, 3.8) is 0 Å². The number of para-hydroxylation sites is 1. The van der Waals surface area contributed by atoms with Gasteiger partial charge in [0.2, 0.25) is 0 Å². The molecule has 4 nitrogen and oxygen atoms in total. The van der Waals surface area contributed by atoms with Crippen LogP contribution in [0.3, 0.4) is 0 Å². The number of hydrogen-bond acceptors (Lipinski definition) is 3. The number of benzene rings is 2. The van der Waals surface area contributed by atoms with Gasteiger partial charge in [-0.05, 0) is 54.9 Å². The van der Waals surface area contributed by atoms with Gasteiger partial charge in [0.25, 0.3) is 5.91 Å². The van der Waals surface area contributed by atoms with Gasteiger partial charge in [-0.15, -0.1) is 0 Å². The van der Waals surface area contributed by atoms with Gasteiger partial charge in [0, 0.05) is 0 Å². The monoisotopic (exact) mass is 444 g/mol. The molecule has 156 valence electrons. The molecule has 2 aromatic rings. The van der Waals surface area contributed by atoms with Crippen LogP contribution in [0.1, 0.15) is 36.2 Å². The van der Waals surface area contributed by atoms with E-state index in [0.29, 0.717) is 18.3 Å². The average molecular weight is 445 g/mol. The number of alkyl halides is 3. The summed E-state index contributed by atoms with van der Waals surface area (Å²) in [6.07, 6.45) is -3.71. The molecule has 0 unspecified atom stereocenters. The maximum absolute atomic E-state index is 12.9. The van der Waals surface area contributed by atoms with Gasteiger partial charge in [0.15, 0.2) is 5.11 Å². The lowest BCUT2D eigenvalue weighted by atomic mass is 10.1. The number of ether oxygens (including phenoxy) is 1. The van der Waals surface area contributed by atoms with E-state index in [4.69, 9.17) is 28.6 Å². The van der Waals surface area contributed by atoms with E-state index in [0.717, 1.165) is 24.6 Å². The van der Waals surface area contributed by atoms with E-state index >= 15 is 0 Å². The van der Waals surface area contributed by atoms with Crippen molar-refractivity contribution in [1.82, 2.24) is 5.32 Å². The normalized spacial score (nSPS) is 11.3. The molecule has 0 aliphatic heterocycles. The van der Waals surface area contributed by atoms with Crippen molar-refractivity contribution in [2.75, 3.05) is 11.9 Å². The van der Waals surface area contributed by atoms with Gasteiger partial charge in [-0.2, -0.15) is 13.2 Å². The molecule has 0 aliphatic rings. The van der Waals surface area contributed by atoms with Crippen LogP contribution in [-0.2, 0) is 6.18 Å². The van der Waals surface area contributed by atoms with Crippen LogP contribution in [-0.4, -0.2) is 17.6 Å². The first kappa shape index (κ1) is 23.0. The number of nitrogens with one attached hydrogen (secondary N) is 2. The van der Waals surface area contributed by atoms with Crippen molar-refractivity contribution in [3.8, 4) is 5.75 Å². The molecular formula is C20H20ClF3N2O2S. The van der Waals surface area contributed by atoms with Crippen LogP contribution in [0.5, 0.6) is 5.75 Å². The van der Waals surface area contributed by atoms with Crippen molar-refractivity contribution >= 4 is 40.5 Å². The van der Waals surface area contributed by atoms with Gasteiger partial charge >= 0.3 is 6.18 Å². The highest BCUT2D eigenvalue weighted by atomic mass is 35.5. The fraction of sp³-hybridized carbons (Fsp3) is 0.300. The zero-order valence-corrected chi connectivity index (χ0v) is 17.3. The van der Waals surface area contributed by atoms with Crippen LogP contribution in [0.25, 0.3) is 0 Å². The summed E-state index contributed by atoms with van der Waals surface area (Å²) in [6.45, 7) is 4.57. The molecule has 0 aromatic heterocycles. The van der Waals surface area contributed by atoms with Gasteiger partial charge in [0.1, 0.15) is 5.75 Å². The minimum absolute atomic E-state index is 0.0343. The number of carbonyl (C=O) groups excluding carboxylic acids is 1. The molecule has 9 heteroatoms. The summed E-state index contributed by atoms with van der Waals surface area (Å²) in [5, 5.41) is 4.81. The van der Waals surface area contributed by atoms with Crippen LogP contribution < -0.4 is 15.4 Å². The third kappa shape index (κ3) is 6.90. The Labute approximate surface area is 177 Å². The van der Waals surface area contributed by atoms with E-state index in [1.54, 1.807) is 24.3 Å². The van der Waals surface area contributed by atoms with Crippen molar-refractivity contribution in [2.24, 2.45) is 5.92 Å². The Hall–Kier alpha value is -2.32. The first-order valence-corrected chi connectivity index (χ1v) is 9.57. The maximum Gasteiger partial charge on any atom is 0.416 e. The Morgan fingerprint density at radius 2 is 1.90 bits per heavy atom. The third-order valence-electron chi connectivity index (χ3n) is 3.85. The SMILES string of the molecule is CC(C)CCOc1ccccc1C(=O)NC(=S)Nc1cc(C(F)(F)F)ccc1Cl. The number of rotatable bonds is 6. The van der Waals surface area contributed by atoms with E-state index in [-0.39, 0.29) is 21.4 Å². The summed E-state index contributed by atoms with van der Waals surface area (Å²) in [4.78, 5) is 12.5. The number of amides is 1. The predicted octanol–water partition coefficient (Wildman–Crippen LogP) is 5.91. The van der Waals surface area contributed by atoms with Crippen LogP contribution in [0, 0.1) is 5.92 Å². The lowest BCUT2D eigenvalue weighted by Crippen LogP contribution is -2.34. The van der Waals surface area contributed by atoms with Crippen molar-refractivity contribution in [1.29, 1.82) is 0 Å². The summed E-state index contributed by atoms with van der Waals surface area (Å²) >= 11 is 11.0. The molecule has 0 atom stereocenters. The van der Waals surface area contributed by atoms with E-state index in [9.17, 15) is 18.0 Å². The zero-order chi connectivity index (χ0) is 21.6. The molecule has 1 amide bonds. The number of carbonyl (C=O) groups is 1. The smallest absolute Gasteiger partial charge is 0.416 e. The fourth-order valence-electron chi connectivity index (χ4n) is 2.31. The first-order valence-electron chi connectivity index (χ1n) is 8.79. The topological polar surface area (TPSA) is 50.4 Å². The Balaban J connectivity index is 2.08. The summed E-state index contributed by atoms with van der Waals surface area (Å²) in [6, 6.07) is 9.43. The second-order valence-electron chi connectivity index (χ2n) is 6.63. The highest BCUT2D eigenvalue weighted by Crippen LogP contribution is 2.33. The Morgan fingerprint density at radius 1 is 1.21 bits per heavy atom. The highest BCUT2D eigenvalue weighted by molar-refractivity contribution is 7.80. The highest BCUT2D eigenvalue weighted by Gasteiger charge is 2.31. The van der Waals surface area contributed by atoms with E-state index < -0.39 is 17.6 Å². The Morgan fingerprint density at radius 3 is 2.55 bits per heavy atom. The molecule has 0 aliphatic carbocycles. The third-order valence-corrected chi connectivity index (χ3v) is 4.39. The van der Waals surface area contributed by atoms with Crippen LogP contribution in [0.2, 0.25) is 5.02 Å². The summed E-state index contributed by atoms with van der Waals surface area (Å²) in [5.41, 5.74) is -0.689. The summed E-state index contributed by atoms with van der Waals surface area (Å²) < 4.78 is 44.3. The summed E-state index contributed by atoms with van der Waals surface area (Å²) in [7, 11) is 0. The molecule has 0 heterocycles. The van der Waals surface area contributed by atoms with Gasteiger partial charge in [0.05, 0.1) is 28.4 Å². The quantitative estimate of drug-likeness (QED) is 0.544. The molecule has 0 saturated heterocycles. The van der Waals surface area contributed by atoms with E-state index in [1.165, 1.54) is 0 Å². The van der Waals surface area contributed by atoms with Gasteiger partial charge in [-0.25, -0.2) is 0 Å². The number of hydrogen-bond donors (Lipinski definition) is 2. The number of halogens is 4. The lowest BCUT2D eigenvalue weighted by molar-refractivity contribution is -0.137. The molecule has 0 spiro atoms. The van der Waals surface area contributed by atoms with Crippen LogP contribution >= 0.6 is 23.8 Å². The van der Waals surface area contributed by atoms with E-state index in [1.807, 2.05) is 0 Å². The second kappa shape index (κ2) is 9.93. The van der Waals surface area contributed by atoms with Gasteiger partial charge in [-0.3, -0.25) is 10.1 Å². The standard InChI is InChI=1S/C20H20ClF3N2O2S/c1-12(2)9-10-28-17-6-4-3-5-14(17)18(27)26-19(29)25-16-11-13(20(22,23)24)7-8-15(16)21/h3-8,11-12H,9-10H2,1-2H3,(H2,25,26,27,29). The van der Waals surface area contributed by atoms with Crippen molar-refractivity contribution in [3.05, 3.63) is 58.6 Å². The van der Waals surface area contributed by atoms with Crippen LogP contribution in [0.4, 0.5) is 18.9 Å². The minimum Gasteiger partial charge on any atom is -0.493 e. The van der Waals surface area contributed by atoms with E-state index in [2.05, 4.69) is 24.5 Å². The van der Waals surface area contributed by atoms with Gasteiger partial charge < -0.3 is 10.1 Å². The molecule has 2 N–H and O–H groups in total. The fourth-order valence-corrected chi connectivity index (χ4v) is 2.67. The second-order valence-corrected chi connectivity index (χ2v) is 7.44. The van der Waals surface area contributed by atoms with Crippen molar-refractivity contribution in [2.45, 2.75) is 26.4 Å². The molecule has 2 aromatic carbocycles. The molecule has 0 fully saturated rings.